The number of H-pyrrole nitrogens is 1. The Bertz CT molecular complexity index is 756. The van der Waals surface area contributed by atoms with Gasteiger partial charge in [-0.2, -0.15) is 0 Å². The molecule has 0 saturated carbocycles. The quantitative estimate of drug-likeness (QED) is 0.687. The number of nitrogens with one attached hydrogen (secondary N) is 2. The van der Waals surface area contributed by atoms with Crippen LogP contribution in [0, 0.1) is 0 Å². The second kappa shape index (κ2) is 5.85. The smallest absolute Gasteiger partial charge is 0.182 e. The second-order valence-corrected chi connectivity index (χ2v) is 5.30. The number of halogens is 2. The predicted molar refractivity (Wildman–Crippen MR) is 81.6 cm³/mol. The van der Waals surface area contributed by atoms with Crippen molar-refractivity contribution in [1.82, 2.24) is 19.9 Å². The summed E-state index contributed by atoms with van der Waals surface area (Å²) < 4.78 is 0. The van der Waals surface area contributed by atoms with Crippen molar-refractivity contribution in [2.75, 3.05) is 11.9 Å². The summed E-state index contributed by atoms with van der Waals surface area (Å²) in [6.07, 6.45) is 2.18. The molecule has 0 amide bonds. The van der Waals surface area contributed by atoms with Crippen molar-refractivity contribution in [2.45, 2.75) is 6.10 Å². The lowest BCUT2D eigenvalue weighted by atomic mass is 10.1. The Kier molecular flexibility index (Phi) is 3.92. The number of hydrogen-bond donors (Lipinski definition) is 3. The lowest BCUT2D eigenvalue weighted by molar-refractivity contribution is 0.191. The first-order chi connectivity index (χ1) is 10.1. The first kappa shape index (κ1) is 14.1. The molecule has 0 aliphatic carbocycles. The van der Waals surface area contributed by atoms with Crippen LogP contribution in [-0.2, 0) is 0 Å². The molecule has 1 unspecified atom stereocenters. The molecule has 0 aliphatic rings. The van der Waals surface area contributed by atoms with Gasteiger partial charge in [0.25, 0.3) is 0 Å². The van der Waals surface area contributed by atoms with E-state index in [9.17, 15) is 5.11 Å². The number of anilines is 1. The normalized spacial score (nSPS) is 12.5. The van der Waals surface area contributed by atoms with Crippen molar-refractivity contribution >= 4 is 40.2 Å². The maximum Gasteiger partial charge on any atom is 0.182 e. The highest BCUT2D eigenvalue weighted by Crippen LogP contribution is 2.24. The van der Waals surface area contributed by atoms with E-state index in [0.717, 1.165) is 0 Å². The predicted octanol–water partition coefficient (Wildman–Crippen LogP) is 2.81. The molecule has 0 spiro atoms. The Morgan fingerprint density at radius 2 is 1.90 bits per heavy atom. The van der Waals surface area contributed by atoms with Crippen molar-refractivity contribution in [1.29, 1.82) is 0 Å². The van der Waals surface area contributed by atoms with Crippen LogP contribution in [0.15, 0.2) is 30.9 Å². The molecule has 6 nitrogen and oxygen atoms in total. The summed E-state index contributed by atoms with van der Waals surface area (Å²) >= 11 is 11.8. The molecule has 0 fully saturated rings. The molecule has 2 aromatic heterocycles. The average molecular weight is 324 g/mol. The number of benzene rings is 1. The number of aromatic amines is 1. The van der Waals surface area contributed by atoms with E-state index in [1.54, 1.807) is 18.2 Å². The third-order valence-corrected chi connectivity index (χ3v) is 3.39. The summed E-state index contributed by atoms with van der Waals surface area (Å²) in [6, 6.07) is 4.96. The largest absolute Gasteiger partial charge is 0.387 e. The summed E-state index contributed by atoms with van der Waals surface area (Å²) in [5, 5.41) is 14.2. The molecule has 0 saturated heterocycles. The van der Waals surface area contributed by atoms with E-state index in [4.69, 9.17) is 23.2 Å². The van der Waals surface area contributed by atoms with Crippen LogP contribution in [0.5, 0.6) is 0 Å². The fourth-order valence-corrected chi connectivity index (χ4v) is 2.52. The molecule has 0 aliphatic heterocycles. The van der Waals surface area contributed by atoms with Gasteiger partial charge in [0.15, 0.2) is 11.5 Å². The topological polar surface area (TPSA) is 86.7 Å². The van der Waals surface area contributed by atoms with E-state index in [1.165, 1.54) is 12.7 Å². The number of aliphatic hydroxyl groups is 1. The third kappa shape index (κ3) is 3.07. The summed E-state index contributed by atoms with van der Waals surface area (Å²) in [4.78, 5) is 15.1. The molecular weight excluding hydrogens is 313 g/mol. The fraction of sp³-hybridized carbons (Fsp3) is 0.154. The summed E-state index contributed by atoms with van der Waals surface area (Å²) in [6.45, 7) is 0.252. The minimum Gasteiger partial charge on any atom is -0.387 e. The van der Waals surface area contributed by atoms with Crippen LogP contribution in [0.2, 0.25) is 10.0 Å². The van der Waals surface area contributed by atoms with Crippen LogP contribution >= 0.6 is 23.2 Å². The number of fused-ring (bicyclic) bond motifs is 1. The highest BCUT2D eigenvalue weighted by molar-refractivity contribution is 6.34. The van der Waals surface area contributed by atoms with E-state index in [0.29, 0.717) is 32.6 Å². The Morgan fingerprint density at radius 1 is 1.14 bits per heavy atom. The lowest BCUT2D eigenvalue weighted by Gasteiger charge is -2.13. The lowest BCUT2D eigenvalue weighted by Crippen LogP contribution is -2.13. The van der Waals surface area contributed by atoms with Gasteiger partial charge in [0.2, 0.25) is 0 Å². The minimum atomic E-state index is -0.769. The first-order valence-corrected chi connectivity index (χ1v) is 6.91. The number of hydrogen-bond acceptors (Lipinski definition) is 5. The highest BCUT2D eigenvalue weighted by Gasteiger charge is 2.11. The van der Waals surface area contributed by atoms with Crippen LogP contribution in [0.4, 0.5) is 5.82 Å². The molecular formula is C13H11Cl2N5O. The van der Waals surface area contributed by atoms with Gasteiger partial charge >= 0.3 is 0 Å². The number of aromatic nitrogens is 4. The molecule has 8 heteroatoms. The maximum atomic E-state index is 10.2. The number of rotatable bonds is 4. The first-order valence-electron chi connectivity index (χ1n) is 6.15. The zero-order valence-corrected chi connectivity index (χ0v) is 12.2. The van der Waals surface area contributed by atoms with Crippen molar-refractivity contribution in [3.63, 3.8) is 0 Å². The molecule has 1 atom stereocenters. The molecule has 21 heavy (non-hydrogen) atoms. The van der Waals surface area contributed by atoms with Crippen molar-refractivity contribution in [3.05, 3.63) is 46.5 Å². The molecule has 3 N–H and O–H groups in total. The van der Waals surface area contributed by atoms with Crippen molar-refractivity contribution < 1.29 is 5.11 Å². The zero-order valence-electron chi connectivity index (χ0n) is 10.7. The van der Waals surface area contributed by atoms with Gasteiger partial charge in [-0.05, 0) is 23.8 Å². The van der Waals surface area contributed by atoms with Crippen LogP contribution in [0.1, 0.15) is 11.7 Å². The van der Waals surface area contributed by atoms with Crippen LogP contribution in [-0.4, -0.2) is 31.6 Å². The van der Waals surface area contributed by atoms with Crippen LogP contribution in [0.3, 0.4) is 0 Å². The fourth-order valence-electron chi connectivity index (χ4n) is 1.98. The third-order valence-electron chi connectivity index (χ3n) is 2.96. The van der Waals surface area contributed by atoms with Gasteiger partial charge in [-0.1, -0.05) is 23.2 Å². The molecule has 2 heterocycles. The Balaban J connectivity index is 1.76. The number of aliphatic hydroxyl groups excluding tert-OH is 1. The van der Waals surface area contributed by atoms with Crippen molar-refractivity contribution in [3.8, 4) is 0 Å². The molecule has 1 aromatic carbocycles. The molecule has 0 bridgehead atoms. The van der Waals surface area contributed by atoms with Crippen molar-refractivity contribution in [2.24, 2.45) is 0 Å². The average Bonchev–Trinajstić information content (AvgIpc) is 2.92. The summed E-state index contributed by atoms with van der Waals surface area (Å²) in [7, 11) is 0. The molecule has 3 rings (SSSR count). The number of imidazole rings is 1. The monoisotopic (exact) mass is 323 g/mol. The minimum absolute atomic E-state index is 0.252. The SMILES string of the molecule is OC(CNc1ncnc2nc[nH]c12)c1cc(Cl)cc(Cl)c1. The number of nitrogens with zero attached hydrogens (tertiary/aromatic N) is 3. The Hall–Kier alpha value is -1.89. The van der Waals surface area contributed by atoms with Gasteiger partial charge in [-0.3, -0.25) is 0 Å². The van der Waals surface area contributed by atoms with Gasteiger partial charge in [-0.25, -0.2) is 15.0 Å². The summed E-state index contributed by atoms with van der Waals surface area (Å²) in [5.74, 6) is 0.574. The van der Waals surface area contributed by atoms with Gasteiger partial charge in [0.1, 0.15) is 11.8 Å². The van der Waals surface area contributed by atoms with Crippen LogP contribution < -0.4 is 5.32 Å². The van der Waals surface area contributed by atoms with E-state index in [-0.39, 0.29) is 6.54 Å². The molecule has 108 valence electrons. The second-order valence-electron chi connectivity index (χ2n) is 4.42. The van der Waals surface area contributed by atoms with Gasteiger partial charge < -0.3 is 15.4 Å². The maximum absolute atomic E-state index is 10.2. The standard InChI is InChI=1S/C13H11Cl2N5O/c14-8-1-7(2-9(15)3-8)10(21)4-16-12-11-13(18-5-17-11)20-6-19-12/h1-3,5-6,10,21H,4H2,(H2,16,17,18,19,20). The summed E-state index contributed by atoms with van der Waals surface area (Å²) in [5.41, 5.74) is 1.89. The van der Waals surface area contributed by atoms with E-state index < -0.39 is 6.10 Å². The van der Waals surface area contributed by atoms with E-state index in [2.05, 4.69) is 25.3 Å². The Morgan fingerprint density at radius 3 is 2.67 bits per heavy atom. The van der Waals surface area contributed by atoms with E-state index in [1.807, 2.05) is 0 Å². The molecule has 0 radical (unpaired) electrons. The van der Waals surface area contributed by atoms with Gasteiger partial charge in [0.05, 0.1) is 12.4 Å². The van der Waals surface area contributed by atoms with E-state index >= 15 is 0 Å². The molecule has 3 aromatic rings. The highest BCUT2D eigenvalue weighted by atomic mass is 35.5. The zero-order chi connectivity index (χ0) is 14.8. The Labute approximate surface area is 130 Å². The van der Waals surface area contributed by atoms with Gasteiger partial charge in [-0.15, -0.1) is 0 Å². The van der Waals surface area contributed by atoms with Crippen LogP contribution in [0.25, 0.3) is 11.2 Å². The van der Waals surface area contributed by atoms with Gasteiger partial charge in [0, 0.05) is 16.6 Å².